The summed E-state index contributed by atoms with van der Waals surface area (Å²) in [6.45, 7) is 0.423. The van der Waals surface area contributed by atoms with Crippen LogP contribution in [0, 0.1) is 0 Å². The molecule has 0 unspecified atom stereocenters. The van der Waals surface area contributed by atoms with Gasteiger partial charge in [0.2, 0.25) is 11.7 Å². The van der Waals surface area contributed by atoms with E-state index in [0.717, 1.165) is 10.0 Å². The summed E-state index contributed by atoms with van der Waals surface area (Å²) in [6.07, 6.45) is 5.89. The molecule has 0 radical (unpaired) electrons. The van der Waals surface area contributed by atoms with Crippen LogP contribution in [0.25, 0.3) is 22.3 Å². The van der Waals surface area contributed by atoms with Crippen LogP contribution >= 0.6 is 15.9 Å². The second-order valence-electron chi connectivity index (χ2n) is 6.73. The Balaban J connectivity index is 1.23. The summed E-state index contributed by atoms with van der Waals surface area (Å²) >= 11 is 3.35. The van der Waals surface area contributed by atoms with Crippen molar-refractivity contribution in [1.29, 1.82) is 0 Å². The molecule has 3 heterocycles. The number of carbonyl (C=O) groups excluding carboxylic acids is 1. The Labute approximate surface area is 185 Å². The minimum Gasteiger partial charge on any atom is -0.466 e. The highest BCUT2D eigenvalue weighted by Crippen LogP contribution is 2.15. The molecule has 0 bridgehead atoms. The number of fused-ring (bicyclic) bond motifs is 1. The first-order valence-corrected chi connectivity index (χ1v) is 10.4. The first-order chi connectivity index (χ1) is 15.1. The standard InChI is InChI=1S/C21H18BrN5O4/c22-15-5-6-17-16(11-15)21(29)27(13-24-17)9-7-19(28)30-10-2-4-18-25-20(26-31-18)14-3-1-8-23-12-14/h1,3,5-6,8,11-13H,2,4,7,9-10H2. The molecule has 0 saturated heterocycles. The zero-order chi connectivity index (χ0) is 21.6. The Morgan fingerprint density at radius 1 is 1.26 bits per heavy atom. The fourth-order valence-corrected chi connectivity index (χ4v) is 3.31. The number of carbonyl (C=O) groups is 1. The topological polar surface area (TPSA) is 113 Å². The molecule has 3 aromatic heterocycles. The monoisotopic (exact) mass is 483 g/mol. The van der Waals surface area contributed by atoms with Crippen molar-refractivity contribution >= 4 is 32.8 Å². The van der Waals surface area contributed by atoms with Gasteiger partial charge in [0, 0.05) is 35.4 Å². The molecule has 0 atom stereocenters. The van der Waals surface area contributed by atoms with E-state index in [1.54, 1.807) is 30.6 Å². The third-order valence-electron chi connectivity index (χ3n) is 4.53. The number of rotatable bonds is 8. The molecule has 158 valence electrons. The number of nitrogens with zero attached hydrogens (tertiary/aromatic N) is 5. The molecule has 9 nitrogen and oxygen atoms in total. The summed E-state index contributed by atoms with van der Waals surface area (Å²) in [5, 5.41) is 4.42. The zero-order valence-corrected chi connectivity index (χ0v) is 18.0. The third-order valence-corrected chi connectivity index (χ3v) is 5.02. The molecule has 0 aliphatic carbocycles. The molecular formula is C21H18BrN5O4. The lowest BCUT2D eigenvalue weighted by atomic mass is 10.2. The number of esters is 1. The second kappa shape index (κ2) is 9.61. The van der Waals surface area contributed by atoms with Gasteiger partial charge in [0.15, 0.2) is 0 Å². The Morgan fingerprint density at radius 3 is 3.00 bits per heavy atom. The van der Waals surface area contributed by atoms with E-state index in [9.17, 15) is 9.59 Å². The summed E-state index contributed by atoms with van der Waals surface area (Å²) in [4.78, 5) is 37.1. The molecular weight excluding hydrogens is 466 g/mol. The molecule has 0 saturated carbocycles. The van der Waals surface area contributed by atoms with Crippen molar-refractivity contribution in [1.82, 2.24) is 24.7 Å². The van der Waals surface area contributed by atoms with Gasteiger partial charge in [0.1, 0.15) is 0 Å². The highest BCUT2D eigenvalue weighted by Gasteiger charge is 2.10. The number of halogens is 1. The van der Waals surface area contributed by atoms with Gasteiger partial charge in [-0.1, -0.05) is 21.1 Å². The van der Waals surface area contributed by atoms with Crippen molar-refractivity contribution in [3.63, 3.8) is 0 Å². The molecule has 0 aliphatic rings. The van der Waals surface area contributed by atoms with Crippen LogP contribution in [0.1, 0.15) is 18.7 Å². The van der Waals surface area contributed by atoms with Crippen molar-refractivity contribution in [3.8, 4) is 11.4 Å². The van der Waals surface area contributed by atoms with Crippen molar-refractivity contribution in [3.05, 3.63) is 69.8 Å². The number of aryl methyl sites for hydroxylation is 2. The summed E-state index contributed by atoms with van der Waals surface area (Å²) in [5.74, 6) is 0.555. The van der Waals surface area contributed by atoms with Crippen molar-refractivity contribution < 1.29 is 14.1 Å². The van der Waals surface area contributed by atoms with E-state index in [0.29, 0.717) is 35.5 Å². The van der Waals surface area contributed by atoms with Crippen LogP contribution in [0.3, 0.4) is 0 Å². The van der Waals surface area contributed by atoms with E-state index in [-0.39, 0.29) is 31.1 Å². The van der Waals surface area contributed by atoms with Crippen LogP contribution in [0.4, 0.5) is 0 Å². The second-order valence-corrected chi connectivity index (χ2v) is 7.65. The minimum atomic E-state index is -0.386. The lowest BCUT2D eigenvalue weighted by Crippen LogP contribution is -2.22. The quantitative estimate of drug-likeness (QED) is 0.277. The molecule has 0 fully saturated rings. The SMILES string of the molecule is O=C(CCn1cnc2ccc(Br)cc2c1=O)OCCCc1nc(-c2cccnc2)no1. The van der Waals surface area contributed by atoms with Crippen LogP contribution in [0.5, 0.6) is 0 Å². The molecule has 31 heavy (non-hydrogen) atoms. The van der Waals surface area contributed by atoms with Crippen molar-refractivity contribution in [2.75, 3.05) is 6.61 Å². The average Bonchev–Trinajstić information content (AvgIpc) is 3.26. The van der Waals surface area contributed by atoms with Gasteiger partial charge in [-0.3, -0.25) is 19.1 Å². The zero-order valence-electron chi connectivity index (χ0n) is 16.4. The maximum atomic E-state index is 12.5. The smallest absolute Gasteiger partial charge is 0.307 e. The fourth-order valence-electron chi connectivity index (χ4n) is 2.95. The fraction of sp³-hybridized carbons (Fsp3) is 0.238. The average molecular weight is 484 g/mol. The van der Waals surface area contributed by atoms with Gasteiger partial charge in [-0.05, 0) is 36.8 Å². The molecule has 4 rings (SSSR count). The molecule has 4 aromatic rings. The van der Waals surface area contributed by atoms with E-state index >= 15 is 0 Å². The number of hydrogen-bond acceptors (Lipinski definition) is 8. The van der Waals surface area contributed by atoms with Gasteiger partial charge in [-0.25, -0.2) is 4.98 Å². The number of benzene rings is 1. The largest absolute Gasteiger partial charge is 0.466 e. The normalized spacial score (nSPS) is 11.0. The van der Waals surface area contributed by atoms with Gasteiger partial charge in [0.05, 0.1) is 30.3 Å². The van der Waals surface area contributed by atoms with E-state index in [4.69, 9.17) is 9.26 Å². The van der Waals surface area contributed by atoms with Gasteiger partial charge in [-0.15, -0.1) is 0 Å². The highest BCUT2D eigenvalue weighted by atomic mass is 79.9. The lowest BCUT2D eigenvalue weighted by molar-refractivity contribution is -0.144. The van der Waals surface area contributed by atoms with E-state index in [1.807, 2.05) is 12.1 Å². The number of pyridine rings is 1. The van der Waals surface area contributed by atoms with Crippen LogP contribution in [-0.2, 0) is 22.5 Å². The molecule has 0 N–H and O–H groups in total. The minimum absolute atomic E-state index is 0.0762. The number of aromatic nitrogens is 5. The molecule has 1 aromatic carbocycles. The van der Waals surface area contributed by atoms with E-state index in [2.05, 4.69) is 36.0 Å². The van der Waals surface area contributed by atoms with Crippen molar-refractivity contribution in [2.24, 2.45) is 0 Å². The van der Waals surface area contributed by atoms with Crippen LogP contribution in [-0.4, -0.2) is 37.3 Å². The highest BCUT2D eigenvalue weighted by molar-refractivity contribution is 9.10. The maximum absolute atomic E-state index is 12.5. The predicted octanol–water partition coefficient (Wildman–Crippen LogP) is 3.17. The number of ether oxygens (including phenoxy) is 1. The van der Waals surface area contributed by atoms with E-state index in [1.165, 1.54) is 10.9 Å². The Bertz CT molecular complexity index is 1260. The van der Waals surface area contributed by atoms with Crippen LogP contribution in [0.2, 0.25) is 0 Å². The summed E-state index contributed by atoms with van der Waals surface area (Å²) < 4.78 is 12.7. The summed E-state index contributed by atoms with van der Waals surface area (Å²) in [6, 6.07) is 8.95. The molecule has 10 heteroatoms. The third kappa shape index (κ3) is 5.21. The van der Waals surface area contributed by atoms with Crippen molar-refractivity contribution in [2.45, 2.75) is 25.8 Å². The summed E-state index contributed by atoms with van der Waals surface area (Å²) in [7, 11) is 0. The molecule has 0 spiro atoms. The van der Waals surface area contributed by atoms with Gasteiger partial charge in [0.25, 0.3) is 5.56 Å². The first-order valence-electron chi connectivity index (χ1n) is 9.63. The lowest BCUT2D eigenvalue weighted by Gasteiger charge is -2.07. The van der Waals surface area contributed by atoms with Gasteiger partial charge in [-0.2, -0.15) is 4.98 Å². The number of hydrogen-bond donors (Lipinski definition) is 0. The molecule has 0 amide bonds. The molecule has 0 aliphatic heterocycles. The Hall–Kier alpha value is -3.40. The Morgan fingerprint density at radius 2 is 2.16 bits per heavy atom. The summed E-state index contributed by atoms with van der Waals surface area (Å²) in [5.41, 5.74) is 1.19. The van der Waals surface area contributed by atoms with Gasteiger partial charge < -0.3 is 9.26 Å². The van der Waals surface area contributed by atoms with Gasteiger partial charge >= 0.3 is 5.97 Å². The van der Waals surface area contributed by atoms with Crippen LogP contribution in [0.15, 0.2) is 62.8 Å². The van der Waals surface area contributed by atoms with Crippen LogP contribution < -0.4 is 5.56 Å². The maximum Gasteiger partial charge on any atom is 0.307 e. The Kier molecular flexibility index (Phi) is 6.46. The first kappa shape index (κ1) is 20.9. The van der Waals surface area contributed by atoms with E-state index < -0.39 is 0 Å². The predicted molar refractivity (Wildman–Crippen MR) is 115 cm³/mol.